The molecule has 0 saturated carbocycles. The molecule has 0 saturated heterocycles. The van der Waals surface area contributed by atoms with Gasteiger partial charge in [0.05, 0.1) is 22.9 Å². The molecule has 0 unspecified atom stereocenters. The molecule has 0 aliphatic heterocycles. The summed E-state index contributed by atoms with van der Waals surface area (Å²) in [4.78, 5) is 12.0. The lowest BCUT2D eigenvalue weighted by molar-refractivity contribution is 0.0601. The fraction of sp³-hybridized carbons (Fsp3) is 0.200. The molecule has 24 heavy (non-hydrogen) atoms. The Labute approximate surface area is 146 Å². The number of hydrogen-bond acceptors (Lipinski definition) is 6. The molecular formula is C15H14N2O4S3. The average Bonchev–Trinajstić information content (AvgIpc) is 3.20. The monoisotopic (exact) mass is 382 g/mol. The predicted octanol–water partition coefficient (Wildman–Crippen LogP) is 2.86. The normalized spacial score (nSPS) is 12.7. The maximum absolute atomic E-state index is 12.4. The van der Waals surface area contributed by atoms with Gasteiger partial charge in [-0.25, -0.2) is 4.79 Å². The Morgan fingerprint density at radius 2 is 2.12 bits per heavy atom. The van der Waals surface area contributed by atoms with E-state index in [4.69, 9.17) is 4.74 Å². The van der Waals surface area contributed by atoms with Crippen molar-refractivity contribution in [2.75, 3.05) is 7.11 Å². The summed E-state index contributed by atoms with van der Waals surface area (Å²) in [5.74, 6) is -0.432. The minimum atomic E-state index is -3.74. The second-order valence-corrected chi connectivity index (χ2v) is 8.59. The molecule has 1 aromatic carbocycles. The van der Waals surface area contributed by atoms with Crippen molar-refractivity contribution in [2.24, 2.45) is 4.40 Å². The van der Waals surface area contributed by atoms with Gasteiger partial charge in [0.2, 0.25) is 4.80 Å². The molecule has 126 valence electrons. The Hall–Kier alpha value is -1.97. The van der Waals surface area contributed by atoms with Crippen molar-refractivity contribution in [2.45, 2.75) is 17.7 Å². The molecule has 0 spiro atoms. The van der Waals surface area contributed by atoms with E-state index >= 15 is 0 Å². The Morgan fingerprint density at radius 1 is 1.33 bits per heavy atom. The number of rotatable bonds is 4. The number of hydrogen-bond donors (Lipinski definition) is 0. The Morgan fingerprint density at radius 3 is 2.75 bits per heavy atom. The van der Waals surface area contributed by atoms with E-state index in [9.17, 15) is 13.2 Å². The number of nitrogens with zero attached hydrogens (tertiary/aromatic N) is 2. The first kappa shape index (κ1) is 16.9. The van der Waals surface area contributed by atoms with Gasteiger partial charge in [0, 0.05) is 6.54 Å². The first-order valence-electron chi connectivity index (χ1n) is 7.02. The van der Waals surface area contributed by atoms with Crippen LogP contribution in [0.25, 0.3) is 10.2 Å². The van der Waals surface area contributed by atoms with Gasteiger partial charge in [-0.15, -0.1) is 15.7 Å². The van der Waals surface area contributed by atoms with Gasteiger partial charge in [-0.2, -0.15) is 8.42 Å². The summed E-state index contributed by atoms with van der Waals surface area (Å²) in [6.07, 6.45) is 0. The van der Waals surface area contributed by atoms with Crippen molar-refractivity contribution in [3.8, 4) is 0 Å². The third-order valence-electron chi connectivity index (χ3n) is 3.37. The summed E-state index contributed by atoms with van der Waals surface area (Å²) in [5.41, 5.74) is 1.25. The standard InChI is InChI=1S/C15H14N2O4S3/c1-3-17-11-7-6-10(14(18)21-2)9-12(11)23-15(17)16-24(19,20)13-5-4-8-22-13/h4-9H,3H2,1-2H3/b16-15-. The summed E-state index contributed by atoms with van der Waals surface area (Å²) >= 11 is 2.36. The van der Waals surface area contributed by atoms with Crippen LogP contribution in [0.4, 0.5) is 0 Å². The molecule has 0 amide bonds. The van der Waals surface area contributed by atoms with Crippen molar-refractivity contribution < 1.29 is 17.9 Å². The van der Waals surface area contributed by atoms with Crippen LogP contribution in [0, 0.1) is 0 Å². The van der Waals surface area contributed by atoms with Crippen molar-refractivity contribution in [1.82, 2.24) is 4.57 Å². The quantitative estimate of drug-likeness (QED) is 0.650. The zero-order valence-corrected chi connectivity index (χ0v) is 15.4. The van der Waals surface area contributed by atoms with E-state index in [0.717, 1.165) is 21.6 Å². The molecule has 3 rings (SSSR count). The number of ether oxygens (including phenoxy) is 1. The zero-order chi connectivity index (χ0) is 17.3. The van der Waals surface area contributed by atoms with E-state index in [0.29, 0.717) is 16.9 Å². The van der Waals surface area contributed by atoms with E-state index in [1.165, 1.54) is 24.5 Å². The van der Waals surface area contributed by atoms with Crippen LogP contribution in [0.2, 0.25) is 0 Å². The fourth-order valence-electron chi connectivity index (χ4n) is 2.25. The second-order valence-electron chi connectivity index (χ2n) is 4.80. The van der Waals surface area contributed by atoms with Crippen LogP contribution in [-0.4, -0.2) is 26.1 Å². The van der Waals surface area contributed by atoms with Gasteiger partial charge in [0.1, 0.15) is 4.21 Å². The van der Waals surface area contributed by atoms with Gasteiger partial charge in [0.25, 0.3) is 10.0 Å². The molecule has 0 aliphatic carbocycles. The van der Waals surface area contributed by atoms with E-state index in [-0.39, 0.29) is 4.21 Å². The summed E-state index contributed by atoms with van der Waals surface area (Å²) in [6, 6.07) is 8.33. The number of sulfonamides is 1. The van der Waals surface area contributed by atoms with Crippen molar-refractivity contribution in [3.63, 3.8) is 0 Å². The van der Waals surface area contributed by atoms with Crippen LogP contribution in [-0.2, 0) is 21.3 Å². The molecule has 3 aromatic rings. The number of esters is 1. The van der Waals surface area contributed by atoms with Crippen LogP contribution < -0.4 is 4.80 Å². The Kier molecular flexibility index (Phi) is 4.57. The number of aryl methyl sites for hydroxylation is 1. The Balaban J connectivity index is 2.21. The summed E-state index contributed by atoms with van der Waals surface area (Å²) in [6.45, 7) is 2.48. The smallest absolute Gasteiger partial charge is 0.337 e. The minimum absolute atomic E-state index is 0.206. The van der Waals surface area contributed by atoms with Gasteiger partial charge in [-0.05, 0) is 36.6 Å². The second kappa shape index (κ2) is 6.50. The van der Waals surface area contributed by atoms with Gasteiger partial charge in [0.15, 0.2) is 0 Å². The highest BCUT2D eigenvalue weighted by atomic mass is 32.2. The molecule has 0 radical (unpaired) electrons. The van der Waals surface area contributed by atoms with Crippen LogP contribution in [0.15, 0.2) is 44.3 Å². The molecule has 9 heteroatoms. The number of methoxy groups -OCH3 is 1. The molecule has 2 heterocycles. The largest absolute Gasteiger partial charge is 0.465 e. The third-order valence-corrected chi connectivity index (χ3v) is 7.16. The topological polar surface area (TPSA) is 77.7 Å². The Bertz CT molecular complexity index is 1060. The number of thiazole rings is 1. The van der Waals surface area contributed by atoms with Crippen LogP contribution in [0.3, 0.4) is 0 Å². The predicted molar refractivity (Wildman–Crippen MR) is 93.9 cm³/mol. The van der Waals surface area contributed by atoms with E-state index in [1.54, 1.807) is 29.6 Å². The summed E-state index contributed by atoms with van der Waals surface area (Å²) < 4.78 is 36.3. The number of benzene rings is 1. The van der Waals surface area contributed by atoms with Crippen molar-refractivity contribution in [1.29, 1.82) is 0 Å². The van der Waals surface area contributed by atoms with Gasteiger partial charge >= 0.3 is 5.97 Å². The maximum Gasteiger partial charge on any atom is 0.337 e. The van der Waals surface area contributed by atoms with E-state index in [2.05, 4.69) is 4.40 Å². The first-order chi connectivity index (χ1) is 11.5. The van der Waals surface area contributed by atoms with E-state index in [1.807, 2.05) is 11.5 Å². The molecule has 6 nitrogen and oxygen atoms in total. The van der Waals surface area contributed by atoms with Gasteiger partial charge in [-0.3, -0.25) is 0 Å². The maximum atomic E-state index is 12.4. The van der Waals surface area contributed by atoms with Gasteiger partial charge < -0.3 is 9.30 Å². The van der Waals surface area contributed by atoms with Crippen LogP contribution >= 0.6 is 22.7 Å². The van der Waals surface area contributed by atoms with Gasteiger partial charge in [-0.1, -0.05) is 17.4 Å². The van der Waals surface area contributed by atoms with Crippen LogP contribution in [0.1, 0.15) is 17.3 Å². The third kappa shape index (κ3) is 3.02. The highest BCUT2D eigenvalue weighted by molar-refractivity contribution is 7.92. The summed E-state index contributed by atoms with van der Waals surface area (Å²) in [7, 11) is -2.42. The highest BCUT2D eigenvalue weighted by Gasteiger charge is 2.16. The number of thiophene rings is 1. The first-order valence-corrected chi connectivity index (χ1v) is 10.2. The molecule has 0 N–H and O–H groups in total. The molecular weight excluding hydrogens is 368 g/mol. The molecule has 2 aromatic heterocycles. The molecule has 0 atom stereocenters. The lowest BCUT2D eigenvalue weighted by atomic mass is 10.2. The average molecular weight is 382 g/mol. The fourth-order valence-corrected chi connectivity index (χ4v) is 5.56. The molecule has 0 aliphatic rings. The zero-order valence-electron chi connectivity index (χ0n) is 12.9. The lowest BCUT2D eigenvalue weighted by Gasteiger charge is -2.02. The molecule has 0 bridgehead atoms. The minimum Gasteiger partial charge on any atom is -0.465 e. The van der Waals surface area contributed by atoms with Crippen molar-refractivity contribution >= 4 is 48.9 Å². The van der Waals surface area contributed by atoms with E-state index < -0.39 is 16.0 Å². The number of carbonyl (C=O) groups is 1. The van der Waals surface area contributed by atoms with Crippen molar-refractivity contribution in [3.05, 3.63) is 46.1 Å². The number of aromatic nitrogens is 1. The SMILES string of the molecule is CCn1/c(=N/S(=O)(=O)c2cccs2)sc2cc(C(=O)OC)ccc21. The number of carbonyl (C=O) groups excluding carboxylic acids is 1. The number of fused-ring (bicyclic) bond motifs is 1. The van der Waals surface area contributed by atoms with Crippen LogP contribution in [0.5, 0.6) is 0 Å². The molecule has 0 fully saturated rings. The summed E-state index contributed by atoms with van der Waals surface area (Å²) in [5, 5.41) is 1.70. The lowest BCUT2D eigenvalue weighted by Crippen LogP contribution is -2.15. The highest BCUT2D eigenvalue weighted by Crippen LogP contribution is 2.22.